The van der Waals surface area contributed by atoms with E-state index in [0.717, 1.165) is 31.2 Å². The standard InChI is InChI=1S/C22H33NO3/c1-5-9-20(22(2,3)4)26-21(25)23(16-17-10-7-6-8-11-17)18-12-14-19(24)15-13-18/h6-8,10-11,18,20H,5,9,12-16H2,1-4H3. The number of ether oxygens (including phenoxy) is 1. The monoisotopic (exact) mass is 359 g/mol. The number of hydrogen-bond acceptors (Lipinski definition) is 3. The Morgan fingerprint density at radius 2 is 1.81 bits per heavy atom. The molecule has 1 aliphatic rings. The van der Waals surface area contributed by atoms with Gasteiger partial charge in [-0.25, -0.2) is 4.79 Å². The Balaban J connectivity index is 2.15. The van der Waals surface area contributed by atoms with Crippen LogP contribution in [0.15, 0.2) is 30.3 Å². The van der Waals surface area contributed by atoms with Gasteiger partial charge in [0.05, 0.1) is 0 Å². The molecule has 0 spiro atoms. The minimum atomic E-state index is -0.249. The Morgan fingerprint density at radius 3 is 2.35 bits per heavy atom. The number of carbonyl (C=O) groups excluding carboxylic acids is 2. The molecule has 0 radical (unpaired) electrons. The Morgan fingerprint density at radius 1 is 1.19 bits per heavy atom. The summed E-state index contributed by atoms with van der Waals surface area (Å²) in [5.41, 5.74) is 0.997. The Hall–Kier alpha value is -1.84. The maximum absolute atomic E-state index is 13.1. The fourth-order valence-corrected chi connectivity index (χ4v) is 3.48. The van der Waals surface area contributed by atoms with Gasteiger partial charge in [0.25, 0.3) is 0 Å². The first-order valence-electron chi connectivity index (χ1n) is 9.84. The summed E-state index contributed by atoms with van der Waals surface area (Å²) in [6.45, 7) is 8.98. The molecule has 4 nitrogen and oxygen atoms in total. The summed E-state index contributed by atoms with van der Waals surface area (Å²) in [7, 11) is 0. The molecule has 0 heterocycles. The second-order valence-corrected chi connectivity index (χ2v) is 8.41. The van der Waals surface area contributed by atoms with Crippen LogP contribution in [0.1, 0.15) is 71.8 Å². The third kappa shape index (κ3) is 5.86. The van der Waals surface area contributed by atoms with Crippen molar-refractivity contribution < 1.29 is 14.3 Å². The summed E-state index contributed by atoms with van der Waals surface area (Å²) in [5, 5.41) is 0. The molecular weight excluding hydrogens is 326 g/mol. The molecule has 1 atom stereocenters. The number of ketones is 1. The van der Waals surface area contributed by atoms with Crippen molar-refractivity contribution in [3.8, 4) is 0 Å². The first-order valence-corrected chi connectivity index (χ1v) is 9.84. The van der Waals surface area contributed by atoms with E-state index in [2.05, 4.69) is 27.7 Å². The van der Waals surface area contributed by atoms with Crippen LogP contribution < -0.4 is 0 Å². The van der Waals surface area contributed by atoms with Gasteiger partial charge in [-0.15, -0.1) is 0 Å². The van der Waals surface area contributed by atoms with E-state index in [1.54, 1.807) is 0 Å². The van der Waals surface area contributed by atoms with Gasteiger partial charge in [-0.3, -0.25) is 4.79 Å². The van der Waals surface area contributed by atoms with Crippen LogP contribution in [0, 0.1) is 5.41 Å². The fourth-order valence-electron chi connectivity index (χ4n) is 3.48. The van der Waals surface area contributed by atoms with Crippen molar-refractivity contribution in [1.29, 1.82) is 0 Å². The number of rotatable bonds is 6. The smallest absolute Gasteiger partial charge is 0.410 e. The quantitative estimate of drug-likeness (QED) is 0.687. The first kappa shape index (κ1) is 20.5. The van der Waals surface area contributed by atoms with E-state index in [9.17, 15) is 9.59 Å². The van der Waals surface area contributed by atoms with E-state index in [4.69, 9.17) is 4.74 Å². The van der Waals surface area contributed by atoms with E-state index in [1.165, 1.54) is 0 Å². The Labute approximate surface area is 157 Å². The summed E-state index contributed by atoms with van der Waals surface area (Å²) in [5.74, 6) is 0.299. The van der Waals surface area contributed by atoms with Crippen molar-refractivity contribution in [3.63, 3.8) is 0 Å². The topological polar surface area (TPSA) is 46.6 Å². The lowest BCUT2D eigenvalue weighted by Crippen LogP contribution is -2.45. The van der Waals surface area contributed by atoms with Crippen molar-refractivity contribution in [2.75, 3.05) is 0 Å². The minimum Gasteiger partial charge on any atom is -0.446 e. The number of carbonyl (C=O) groups is 2. The van der Waals surface area contributed by atoms with Crippen molar-refractivity contribution in [3.05, 3.63) is 35.9 Å². The third-order valence-electron chi connectivity index (χ3n) is 5.14. The van der Waals surface area contributed by atoms with E-state index < -0.39 is 0 Å². The van der Waals surface area contributed by atoms with Gasteiger partial charge in [-0.05, 0) is 30.2 Å². The average molecular weight is 360 g/mol. The van der Waals surface area contributed by atoms with Gasteiger partial charge in [0.15, 0.2) is 0 Å². The molecule has 0 aliphatic heterocycles. The summed E-state index contributed by atoms with van der Waals surface area (Å²) in [6, 6.07) is 10.1. The maximum atomic E-state index is 13.1. The summed E-state index contributed by atoms with van der Waals surface area (Å²) in [6.07, 6.45) is 4.05. The molecule has 0 aromatic heterocycles. The fraction of sp³-hybridized carbons (Fsp3) is 0.636. The highest BCUT2D eigenvalue weighted by Gasteiger charge is 2.33. The van der Waals surface area contributed by atoms with Gasteiger partial charge >= 0.3 is 6.09 Å². The van der Waals surface area contributed by atoms with Crippen LogP contribution in [-0.2, 0) is 16.1 Å². The SMILES string of the molecule is CCCC(OC(=O)N(Cc1ccccc1)C1CCC(=O)CC1)C(C)(C)C. The van der Waals surface area contributed by atoms with Crippen LogP contribution in [0.4, 0.5) is 4.79 Å². The zero-order valence-corrected chi connectivity index (χ0v) is 16.7. The van der Waals surface area contributed by atoms with E-state index in [0.29, 0.717) is 25.2 Å². The number of benzene rings is 1. The predicted molar refractivity (Wildman–Crippen MR) is 104 cm³/mol. The molecule has 1 unspecified atom stereocenters. The zero-order valence-electron chi connectivity index (χ0n) is 16.7. The lowest BCUT2D eigenvalue weighted by molar-refractivity contribution is -0.121. The highest BCUT2D eigenvalue weighted by Crippen LogP contribution is 2.29. The van der Waals surface area contributed by atoms with Gasteiger partial charge in [-0.2, -0.15) is 0 Å². The number of amides is 1. The number of nitrogens with zero attached hydrogens (tertiary/aromatic N) is 1. The summed E-state index contributed by atoms with van der Waals surface area (Å²) < 4.78 is 5.97. The van der Waals surface area contributed by atoms with Gasteiger partial charge in [0, 0.05) is 25.4 Å². The lowest BCUT2D eigenvalue weighted by Gasteiger charge is -2.37. The molecule has 1 aromatic rings. The zero-order chi connectivity index (χ0) is 19.2. The van der Waals surface area contributed by atoms with Gasteiger partial charge in [0.2, 0.25) is 0 Å². The Bertz CT molecular complexity index is 581. The molecule has 1 aromatic carbocycles. The molecule has 1 amide bonds. The van der Waals surface area contributed by atoms with Crippen molar-refractivity contribution in [2.24, 2.45) is 5.41 Å². The van der Waals surface area contributed by atoms with Gasteiger partial charge in [0.1, 0.15) is 11.9 Å². The number of hydrogen-bond donors (Lipinski definition) is 0. The summed E-state index contributed by atoms with van der Waals surface area (Å²) >= 11 is 0. The van der Waals surface area contributed by atoms with Crippen LogP contribution in [0.25, 0.3) is 0 Å². The molecule has 1 aliphatic carbocycles. The molecule has 26 heavy (non-hydrogen) atoms. The second kappa shape index (κ2) is 9.20. The largest absolute Gasteiger partial charge is 0.446 e. The first-order chi connectivity index (χ1) is 12.3. The molecule has 1 fully saturated rings. The van der Waals surface area contributed by atoms with Crippen LogP contribution in [0.2, 0.25) is 0 Å². The van der Waals surface area contributed by atoms with Crippen LogP contribution in [0.3, 0.4) is 0 Å². The highest BCUT2D eigenvalue weighted by atomic mass is 16.6. The highest BCUT2D eigenvalue weighted by molar-refractivity contribution is 5.79. The average Bonchev–Trinajstić information content (AvgIpc) is 2.60. The normalized spacial score (nSPS) is 17.0. The van der Waals surface area contributed by atoms with Crippen LogP contribution >= 0.6 is 0 Å². The van der Waals surface area contributed by atoms with Crippen molar-refractivity contribution >= 4 is 11.9 Å². The third-order valence-corrected chi connectivity index (χ3v) is 5.14. The second-order valence-electron chi connectivity index (χ2n) is 8.41. The maximum Gasteiger partial charge on any atom is 0.410 e. The van der Waals surface area contributed by atoms with E-state index >= 15 is 0 Å². The molecule has 0 bridgehead atoms. The Kier molecular flexibility index (Phi) is 7.24. The minimum absolute atomic E-state index is 0.0719. The van der Waals surface area contributed by atoms with Gasteiger partial charge in [-0.1, -0.05) is 64.4 Å². The van der Waals surface area contributed by atoms with Gasteiger partial charge < -0.3 is 9.64 Å². The van der Waals surface area contributed by atoms with Crippen molar-refractivity contribution in [1.82, 2.24) is 4.90 Å². The molecular formula is C22H33NO3. The molecule has 2 rings (SSSR count). The van der Waals surface area contributed by atoms with Crippen LogP contribution in [-0.4, -0.2) is 28.9 Å². The van der Waals surface area contributed by atoms with E-state index in [1.807, 2.05) is 35.2 Å². The van der Waals surface area contributed by atoms with Crippen LogP contribution in [0.5, 0.6) is 0 Å². The molecule has 0 N–H and O–H groups in total. The lowest BCUT2D eigenvalue weighted by atomic mass is 9.86. The molecule has 1 saturated carbocycles. The number of Topliss-reactive ketones (excluding diaryl/α,β-unsaturated/α-hetero) is 1. The van der Waals surface area contributed by atoms with E-state index in [-0.39, 0.29) is 23.7 Å². The van der Waals surface area contributed by atoms with Crippen molar-refractivity contribution in [2.45, 2.75) is 84.9 Å². The predicted octanol–water partition coefficient (Wildman–Crippen LogP) is 5.35. The molecule has 0 saturated heterocycles. The summed E-state index contributed by atoms with van der Waals surface area (Å²) in [4.78, 5) is 26.5. The molecule has 144 valence electrons. The molecule has 4 heteroatoms.